The molecule has 232 valence electrons. The van der Waals surface area contributed by atoms with Crippen LogP contribution in [0.1, 0.15) is 78.1 Å². The summed E-state index contributed by atoms with van der Waals surface area (Å²) in [7, 11) is -4.36. The number of ether oxygens (including phenoxy) is 2. The first-order valence-electron chi connectivity index (χ1n) is 14.4. The van der Waals surface area contributed by atoms with Crippen molar-refractivity contribution in [1.82, 2.24) is 0 Å². The van der Waals surface area contributed by atoms with Gasteiger partial charge in [-0.15, -0.1) is 0 Å². The van der Waals surface area contributed by atoms with E-state index in [1.165, 1.54) is 0 Å². The van der Waals surface area contributed by atoms with Crippen molar-refractivity contribution in [3.05, 3.63) is 72.9 Å². The lowest BCUT2D eigenvalue weighted by atomic mass is 10.2. The Morgan fingerprint density at radius 1 is 0.732 bits per heavy atom. The minimum absolute atomic E-state index is 0.0373. The number of carbonyl (C=O) groups excluding carboxylic acids is 2. The van der Waals surface area contributed by atoms with Crippen LogP contribution < -0.4 is 5.73 Å². The van der Waals surface area contributed by atoms with Crippen LogP contribution >= 0.6 is 7.82 Å². The van der Waals surface area contributed by atoms with Gasteiger partial charge in [0.05, 0.1) is 13.2 Å². The number of nitrogens with two attached hydrogens (primary N) is 1. The molecule has 9 nitrogen and oxygen atoms in total. The first kappa shape index (κ1) is 38.5. The number of rotatable bonds is 25. The summed E-state index contributed by atoms with van der Waals surface area (Å²) < 4.78 is 31.7. The Labute approximate surface area is 246 Å². The van der Waals surface area contributed by atoms with Gasteiger partial charge in [0.15, 0.2) is 6.10 Å². The topological polar surface area (TPSA) is 134 Å². The van der Waals surface area contributed by atoms with Crippen molar-refractivity contribution in [3.63, 3.8) is 0 Å². The van der Waals surface area contributed by atoms with E-state index >= 15 is 0 Å². The zero-order chi connectivity index (χ0) is 30.4. The van der Waals surface area contributed by atoms with E-state index in [0.717, 1.165) is 38.5 Å². The quantitative estimate of drug-likeness (QED) is 0.0663. The van der Waals surface area contributed by atoms with Crippen LogP contribution in [0.2, 0.25) is 0 Å². The minimum atomic E-state index is -4.36. The largest absolute Gasteiger partial charge is 0.472 e. The predicted octanol–water partition coefficient (Wildman–Crippen LogP) is 6.81. The number of hydrogen-bond acceptors (Lipinski definition) is 8. The lowest BCUT2D eigenvalue weighted by Crippen LogP contribution is -2.29. The van der Waals surface area contributed by atoms with Gasteiger partial charge < -0.3 is 20.1 Å². The van der Waals surface area contributed by atoms with Gasteiger partial charge in [-0.05, 0) is 51.4 Å². The van der Waals surface area contributed by atoms with Gasteiger partial charge in [0.25, 0.3) is 0 Å². The van der Waals surface area contributed by atoms with Gasteiger partial charge in [0, 0.05) is 19.4 Å². The molecule has 0 radical (unpaired) electrons. The molecule has 0 aliphatic heterocycles. The first-order chi connectivity index (χ1) is 19.8. The van der Waals surface area contributed by atoms with Crippen LogP contribution in [0.4, 0.5) is 0 Å². The molecule has 2 atom stereocenters. The van der Waals surface area contributed by atoms with Crippen molar-refractivity contribution < 1.29 is 37.6 Å². The van der Waals surface area contributed by atoms with Crippen LogP contribution in [0.3, 0.4) is 0 Å². The lowest BCUT2D eigenvalue weighted by Gasteiger charge is -2.19. The standard InChI is InChI=1S/C31H50NO8P/c1-3-5-6-7-8-9-10-11-12-13-14-15-16-17-18-19-20-21-22-24-31(34)40-29(27-37-30(33)23-4-2)28-39-41(35,36)38-26-25-32/h5-6,8-9,11-12,14-15,17-18,20-21,29H,3-4,7,10,13,16,19,22-28,32H2,1-2H3,(H,35,36)/b6-5-,9-8-,12-11-,15-14-,18-17-,21-20-. The fourth-order valence-corrected chi connectivity index (χ4v) is 3.81. The molecule has 0 saturated heterocycles. The normalized spacial score (nSPS) is 14.7. The molecule has 0 amide bonds. The summed E-state index contributed by atoms with van der Waals surface area (Å²) >= 11 is 0. The first-order valence-corrected chi connectivity index (χ1v) is 15.9. The number of carbonyl (C=O) groups is 2. The monoisotopic (exact) mass is 595 g/mol. The van der Waals surface area contributed by atoms with Crippen LogP contribution in [0.15, 0.2) is 72.9 Å². The maximum atomic E-state index is 12.2. The Morgan fingerprint density at radius 2 is 1.24 bits per heavy atom. The molecule has 10 heteroatoms. The third-order valence-corrected chi connectivity index (χ3v) is 6.07. The maximum Gasteiger partial charge on any atom is 0.472 e. The summed E-state index contributed by atoms with van der Waals surface area (Å²) in [6.45, 7) is 3.07. The summed E-state index contributed by atoms with van der Waals surface area (Å²) in [5.41, 5.74) is 5.25. The van der Waals surface area contributed by atoms with E-state index in [4.69, 9.17) is 19.7 Å². The lowest BCUT2D eigenvalue weighted by molar-refractivity contribution is -0.161. The highest BCUT2D eigenvalue weighted by Crippen LogP contribution is 2.43. The molecule has 0 aromatic heterocycles. The molecular formula is C31H50NO8P. The van der Waals surface area contributed by atoms with Crippen LogP contribution in [0.5, 0.6) is 0 Å². The summed E-state index contributed by atoms with van der Waals surface area (Å²) in [6.07, 6.45) is 31.2. The molecule has 2 unspecified atom stereocenters. The maximum absolute atomic E-state index is 12.2. The third-order valence-electron chi connectivity index (χ3n) is 5.09. The van der Waals surface area contributed by atoms with Crippen LogP contribution in [0, 0.1) is 0 Å². The van der Waals surface area contributed by atoms with Crippen LogP contribution in [-0.2, 0) is 32.7 Å². The Balaban J connectivity index is 4.24. The van der Waals surface area contributed by atoms with Crippen molar-refractivity contribution in [1.29, 1.82) is 0 Å². The molecule has 0 rings (SSSR count). The highest BCUT2D eigenvalue weighted by Gasteiger charge is 2.25. The van der Waals surface area contributed by atoms with Crippen molar-refractivity contribution in [2.75, 3.05) is 26.4 Å². The Morgan fingerprint density at radius 3 is 1.73 bits per heavy atom. The van der Waals surface area contributed by atoms with Gasteiger partial charge in [-0.3, -0.25) is 18.6 Å². The molecule has 0 fully saturated rings. The summed E-state index contributed by atoms with van der Waals surface area (Å²) in [5.74, 6) is -1.00. The van der Waals surface area contributed by atoms with Crippen molar-refractivity contribution in [2.45, 2.75) is 84.2 Å². The van der Waals surface area contributed by atoms with E-state index in [2.05, 4.69) is 72.2 Å². The highest BCUT2D eigenvalue weighted by molar-refractivity contribution is 7.47. The van der Waals surface area contributed by atoms with Gasteiger partial charge in [-0.1, -0.05) is 86.8 Å². The molecule has 0 aliphatic rings. The smallest absolute Gasteiger partial charge is 0.462 e. The summed E-state index contributed by atoms with van der Waals surface area (Å²) in [5, 5.41) is 0. The molecule has 0 saturated carbocycles. The number of phosphoric ester groups is 1. The van der Waals surface area contributed by atoms with E-state index in [0.29, 0.717) is 12.8 Å². The van der Waals surface area contributed by atoms with Gasteiger partial charge in [0.2, 0.25) is 0 Å². The second-order valence-electron chi connectivity index (χ2n) is 8.88. The molecule has 0 aliphatic carbocycles. The van der Waals surface area contributed by atoms with Crippen LogP contribution in [0.25, 0.3) is 0 Å². The fraction of sp³-hybridized carbons (Fsp3) is 0.548. The number of allylic oxidation sites excluding steroid dienone is 12. The number of phosphoric acid groups is 1. The predicted molar refractivity (Wildman–Crippen MR) is 164 cm³/mol. The zero-order valence-corrected chi connectivity index (χ0v) is 25.6. The molecule has 0 bridgehead atoms. The average Bonchev–Trinajstić information content (AvgIpc) is 2.94. The molecule has 3 N–H and O–H groups in total. The van der Waals surface area contributed by atoms with Gasteiger partial charge in [0.1, 0.15) is 6.61 Å². The average molecular weight is 596 g/mol. The number of hydrogen-bond donors (Lipinski definition) is 2. The molecule has 0 aromatic rings. The van der Waals surface area contributed by atoms with E-state index in [-0.39, 0.29) is 32.6 Å². The summed E-state index contributed by atoms with van der Waals surface area (Å²) in [4.78, 5) is 33.6. The Hall–Kier alpha value is -2.55. The molecule has 0 heterocycles. The molecule has 0 aromatic carbocycles. The van der Waals surface area contributed by atoms with Crippen molar-refractivity contribution >= 4 is 19.8 Å². The Kier molecular flexibility index (Phi) is 25.9. The van der Waals surface area contributed by atoms with Gasteiger partial charge in [-0.2, -0.15) is 0 Å². The highest BCUT2D eigenvalue weighted by atomic mass is 31.2. The molecular weight excluding hydrogens is 545 g/mol. The van der Waals surface area contributed by atoms with E-state index in [1.807, 2.05) is 19.1 Å². The van der Waals surface area contributed by atoms with Crippen molar-refractivity contribution in [2.24, 2.45) is 5.73 Å². The summed E-state index contributed by atoms with van der Waals surface area (Å²) in [6, 6.07) is 0. The second kappa shape index (κ2) is 27.6. The van der Waals surface area contributed by atoms with E-state index in [9.17, 15) is 19.0 Å². The van der Waals surface area contributed by atoms with Gasteiger partial charge >= 0.3 is 19.8 Å². The third kappa shape index (κ3) is 27.4. The SMILES string of the molecule is CC/C=C\C/C=C\C/C=C\C/C=C\C/C=C\C/C=C\CCC(=O)OC(COC(=O)CCC)COP(=O)(O)OCCN. The van der Waals surface area contributed by atoms with E-state index in [1.54, 1.807) is 0 Å². The van der Waals surface area contributed by atoms with Gasteiger partial charge in [-0.25, -0.2) is 4.57 Å². The number of esters is 2. The molecule has 41 heavy (non-hydrogen) atoms. The van der Waals surface area contributed by atoms with Crippen LogP contribution in [-0.4, -0.2) is 49.3 Å². The van der Waals surface area contributed by atoms with E-state index < -0.39 is 32.5 Å². The Bertz CT molecular complexity index is 908. The minimum Gasteiger partial charge on any atom is -0.462 e. The second-order valence-corrected chi connectivity index (χ2v) is 10.3. The van der Waals surface area contributed by atoms with Crippen molar-refractivity contribution in [3.8, 4) is 0 Å². The molecule has 0 spiro atoms. The zero-order valence-electron chi connectivity index (χ0n) is 24.7. The fourth-order valence-electron chi connectivity index (χ4n) is 3.05.